The minimum Gasteiger partial charge on any atom is -0.352 e. The molecule has 1 heterocycles. The van der Waals surface area contributed by atoms with Crippen LogP contribution in [0.15, 0.2) is 41.1 Å². The minimum absolute atomic E-state index is 0.0547. The lowest BCUT2D eigenvalue weighted by molar-refractivity contribution is -0.125. The van der Waals surface area contributed by atoms with Gasteiger partial charge in [0.25, 0.3) is 0 Å². The van der Waals surface area contributed by atoms with Crippen molar-refractivity contribution in [1.29, 1.82) is 0 Å². The van der Waals surface area contributed by atoms with Gasteiger partial charge in [-0.25, -0.2) is 4.39 Å². The van der Waals surface area contributed by atoms with Gasteiger partial charge < -0.3 is 5.32 Å². The molecule has 0 aliphatic rings. The topological polar surface area (TPSA) is 46.9 Å². The molecule has 1 amide bonds. The summed E-state index contributed by atoms with van der Waals surface area (Å²) in [6.07, 6.45) is 3.51. The summed E-state index contributed by atoms with van der Waals surface area (Å²) in [5, 5.41) is 6.95. The Bertz CT molecular complexity index is 582. The largest absolute Gasteiger partial charge is 0.352 e. The number of hydrogen-bond donors (Lipinski definition) is 1. The zero-order valence-electron chi connectivity index (χ0n) is 11.0. The van der Waals surface area contributed by atoms with E-state index in [1.54, 1.807) is 23.0 Å². The van der Waals surface area contributed by atoms with E-state index in [1.807, 2.05) is 13.1 Å². The van der Waals surface area contributed by atoms with Crippen molar-refractivity contribution in [2.24, 2.45) is 5.92 Å². The highest BCUT2D eigenvalue weighted by Gasteiger charge is 2.13. The molecular formula is C14H15BrFN3O. The van der Waals surface area contributed by atoms with Crippen molar-refractivity contribution >= 4 is 21.8 Å². The van der Waals surface area contributed by atoms with Crippen molar-refractivity contribution in [2.45, 2.75) is 20.0 Å². The van der Waals surface area contributed by atoms with E-state index in [0.717, 1.165) is 10.0 Å². The molecule has 0 aliphatic carbocycles. The van der Waals surface area contributed by atoms with Gasteiger partial charge in [0, 0.05) is 12.7 Å². The second-order valence-corrected chi connectivity index (χ2v) is 5.54. The first-order valence-corrected chi connectivity index (χ1v) is 7.04. The standard InChI is InChI=1S/C14H15BrFN3O/c1-10(8-19-9-12(15)7-18-19)14(20)17-6-11-2-4-13(16)5-3-11/h2-5,7,9-10H,6,8H2,1H3,(H,17,20)/t10-/m0/s1. The predicted molar refractivity (Wildman–Crippen MR) is 77.3 cm³/mol. The van der Waals surface area contributed by atoms with Gasteiger partial charge in [0.05, 0.1) is 23.1 Å². The van der Waals surface area contributed by atoms with E-state index in [4.69, 9.17) is 0 Å². The number of nitrogens with one attached hydrogen (secondary N) is 1. The van der Waals surface area contributed by atoms with E-state index in [9.17, 15) is 9.18 Å². The predicted octanol–water partition coefficient (Wildman–Crippen LogP) is 2.74. The van der Waals surface area contributed by atoms with E-state index in [1.165, 1.54) is 12.1 Å². The second kappa shape index (κ2) is 6.65. The Balaban J connectivity index is 1.83. The molecule has 0 bridgehead atoms. The average molecular weight is 340 g/mol. The van der Waals surface area contributed by atoms with Crippen molar-refractivity contribution in [3.05, 3.63) is 52.5 Å². The van der Waals surface area contributed by atoms with E-state index >= 15 is 0 Å². The third-order valence-corrected chi connectivity index (χ3v) is 3.30. The molecule has 0 fully saturated rings. The number of hydrogen-bond acceptors (Lipinski definition) is 2. The number of carbonyl (C=O) groups is 1. The monoisotopic (exact) mass is 339 g/mol. The SMILES string of the molecule is C[C@@H](Cn1cc(Br)cn1)C(=O)NCc1ccc(F)cc1. The van der Waals surface area contributed by atoms with Crippen LogP contribution >= 0.6 is 15.9 Å². The highest BCUT2D eigenvalue weighted by atomic mass is 79.9. The van der Waals surface area contributed by atoms with Gasteiger partial charge in [-0.2, -0.15) is 5.10 Å². The van der Waals surface area contributed by atoms with Gasteiger partial charge in [-0.15, -0.1) is 0 Å². The Hall–Kier alpha value is -1.69. The zero-order valence-corrected chi connectivity index (χ0v) is 12.6. The summed E-state index contributed by atoms with van der Waals surface area (Å²) in [4.78, 5) is 12.0. The molecule has 0 spiro atoms. The molecule has 2 rings (SSSR count). The lowest BCUT2D eigenvalue weighted by atomic mass is 10.1. The summed E-state index contributed by atoms with van der Waals surface area (Å²) in [6, 6.07) is 6.08. The molecule has 1 aromatic carbocycles. The Labute approximate surface area is 125 Å². The average Bonchev–Trinajstić information content (AvgIpc) is 2.83. The molecule has 1 atom stereocenters. The first-order valence-electron chi connectivity index (χ1n) is 6.24. The Kier molecular flexibility index (Phi) is 4.89. The van der Waals surface area contributed by atoms with Gasteiger partial charge in [0.2, 0.25) is 5.91 Å². The quantitative estimate of drug-likeness (QED) is 0.910. The molecule has 0 saturated carbocycles. The minimum atomic E-state index is -0.280. The molecule has 6 heteroatoms. The molecule has 20 heavy (non-hydrogen) atoms. The highest BCUT2D eigenvalue weighted by molar-refractivity contribution is 9.10. The maximum Gasteiger partial charge on any atom is 0.224 e. The summed E-state index contributed by atoms with van der Waals surface area (Å²) in [6.45, 7) is 2.75. The van der Waals surface area contributed by atoms with Crippen LogP contribution in [0.25, 0.3) is 0 Å². The second-order valence-electron chi connectivity index (χ2n) is 4.63. The van der Waals surface area contributed by atoms with Crippen LogP contribution in [-0.4, -0.2) is 15.7 Å². The summed E-state index contributed by atoms with van der Waals surface area (Å²) in [5.41, 5.74) is 0.869. The number of aromatic nitrogens is 2. The lowest BCUT2D eigenvalue weighted by Crippen LogP contribution is -2.31. The van der Waals surface area contributed by atoms with Gasteiger partial charge >= 0.3 is 0 Å². The smallest absolute Gasteiger partial charge is 0.224 e. The lowest BCUT2D eigenvalue weighted by Gasteiger charge is -2.12. The van der Waals surface area contributed by atoms with Crippen molar-refractivity contribution in [2.75, 3.05) is 0 Å². The Morgan fingerprint density at radius 3 is 2.75 bits per heavy atom. The summed E-state index contributed by atoms with van der Waals surface area (Å²) < 4.78 is 15.4. The van der Waals surface area contributed by atoms with Gasteiger partial charge in [0.15, 0.2) is 0 Å². The summed E-state index contributed by atoms with van der Waals surface area (Å²) >= 11 is 3.31. The van der Waals surface area contributed by atoms with Crippen LogP contribution in [0, 0.1) is 11.7 Å². The number of rotatable bonds is 5. The fraction of sp³-hybridized carbons (Fsp3) is 0.286. The molecule has 1 N–H and O–H groups in total. The maximum absolute atomic E-state index is 12.8. The molecule has 0 unspecified atom stereocenters. The van der Waals surface area contributed by atoms with E-state index in [-0.39, 0.29) is 17.6 Å². The molecule has 0 aliphatic heterocycles. The van der Waals surface area contributed by atoms with Crippen molar-refractivity contribution < 1.29 is 9.18 Å². The molecule has 0 radical (unpaired) electrons. The zero-order chi connectivity index (χ0) is 14.5. The summed E-state index contributed by atoms with van der Waals surface area (Å²) in [7, 11) is 0. The van der Waals surface area contributed by atoms with Gasteiger partial charge in [-0.3, -0.25) is 9.48 Å². The number of amides is 1. The van der Waals surface area contributed by atoms with E-state index < -0.39 is 0 Å². The first kappa shape index (κ1) is 14.7. The number of benzene rings is 1. The highest BCUT2D eigenvalue weighted by Crippen LogP contribution is 2.09. The first-order chi connectivity index (χ1) is 9.54. The van der Waals surface area contributed by atoms with Gasteiger partial charge in [-0.1, -0.05) is 19.1 Å². The van der Waals surface area contributed by atoms with Crippen molar-refractivity contribution in [1.82, 2.24) is 15.1 Å². The van der Waals surface area contributed by atoms with Crippen molar-refractivity contribution in [3.8, 4) is 0 Å². The van der Waals surface area contributed by atoms with Crippen LogP contribution < -0.4 is 5.32 Å². The van der Waals surface area contributed by atoms with Crippen LogP contribution in [0.1, 0.15) is 12.5 Å². The Morgan fingerprint density at radius 1 is 1.45 bits per heavy atom. The number of carbonyl (C=O) groups excluding carboxylic acids is 1. The van der Waals surface area contributed by atoms with Crippen LogP contribution in [-0.2, 0) is 17.9 Å². The molecule has 2 aromatic rings. The summed E-state index contributed by atoms with van der Waals surface area (Å²) in [5.74, 6) is -0.527. The third kappa shape index (κ3) is 4.16. The van der Waals surface area contributed by atoms with Crippen molar-refractivity contribution in [3.63, 3.8) is 0 Å². The van der Waals surface area contributed by atoms with Crippen LogP contribution in [0.2, 0.25) is 0 Å². The maximum atomic E-state index is 12.8. The molecule has 1 aromatic heterocycles. The molecule has 106 valence electrons. The molecule has 4 nitrogen and oxygen atoms in total. The fourth-order valence-electron chi connectivity index (χ4n) is 1.77. The van der Waals surface area contributed by atoms with E-state index in [2.05, 4.69) is 26.3 Å². The van der Waals surface area contributed by atoms with Gasteiger partial charge in [0.1, 0.15) is 5.82 Å². The molecule has 0 saturated heterocycles. The normalized spacial score (nSPS) is 12.2. The number of nitrogens with zero attached hydrogens (tertiary/aromatic N) is 2. The Morgan fingerprint density at radius 2 is 2.15 bits per heavy atom. The number of halogens is 2. The van der Waals surface area contributed by atoms with Gasteiger partial charge in [-0.05, 0) is 33.6 Å². The van der Waals surface area contributed by atoms with Crippen LogP contribution in [0.3, 0.4) is 0 Å². The fourth-order valence-corrected chi connectivity index (χ4v) is 2.10. The van der Waals surface area contributed by atoms with E-state index in [0.29, 0.717) is 13.1 Å². The third-order valence-electron chi connectivity index (χ3n) is 2.89. The van der Waals surface area contributed by atoms with Crippen LogP contribution in [0.4, 0.5) is 4.39 Å². The molecular weight excluding hydrogens is 325 g/mol. The van der Waals surface area contributed by atoms with Crippen LogP contribution in [0.5, 0.6) is 0 Å².